The zero-order valence-corrected chi connectivity index (χ0v) is 12.2. The average molecular weight is 278 g/mol. The number of nitrogens with zero attached hydrogens (tertiary/aromatic N) is 2. The van der Waals surface area contributed by atoms with Crippen LogP contribution in [0.2, 0.25) is 0 Å². The first-order chi connectivity index (χ1) is 9.57. The summed E-state index contributed by atoms with van der Waals surface area (Å²) >= 11 is 0. The molecule has 0 aliphatic heterocycles. The molecule has 0 spiro atoms. The largest absolute Gasteiger partial charge is 0.477 e. The molecule has 1 aromatic heterocycles. The Hall–Kier alpha value is -1.49. The van der Waals surface area contributed by atoms with Gasteiger partial charge in [-0.2, -0.15) is 0 Å². The van der Waals surface area contributed by atoms with Gasteiger partial charge in [-0.3, -0.25) is 0 Å². The van der Waals surface area contributed by atoms with Gasteiger partial charge in [-0.25, -0.2) is 14.8 Å². The Labute approximate surface area is 119 Å². The predicted molar refractivity (Wildman–Crippen MR) is 74.7 cm³/mol. The second-order valence-electron chi connectivity index (χ2n) is 5.36. The van der Waals surface area contributed by atoms with E-state index in [-0.39, 0.29) is 5.69 Å². The van der Waals surface area contributed by atoms with Crippen molar-refractivity contribution in [3.05, 3.63) is 23.3 Å². The number of hydrogen-bond acceptors (Lipinski definition) is 4. The van der Waals surface area contributed by atoms with Gasteiger partial charge >= 0.3 is 5.97 Å². The van der Waals surface area contributed by atoms with E-state index in [1.54, 1.807) is 6.92 Å². The fourth-order valence-electron chi connectivity index (χ4n) is 2.89. The number of carboxylic acids is 1. The van der Waals surface area contributed by atoms with Crippen molar-refractivity contribution >= 4 is 5.97 Å². The van der Waals surface area contributed by atoms with Crippen LogP contribution >= 0.6 is 0 Å². The minimum absolute atomic E-state index is 0.0517. The SMILES string of the molecule is CCOC1(c2nc(C)cc(C(=O)O)n2)CCCCCC1. The molecule has 5 nitrogen and oxygen atoms in total. The van der Waals surface area contributed by atoms with Crippen molar-refractivity contribution in [1.29, 1.82) is 0 Å². The number of carbonyl (C=O) groups is 1. The number of aryl methyl sites for hydroxylation is 1. The summed E-state index contributed by atoms with van der Waals surface area (Å²) in [6.45, 7) is 4.34. The van der Waals surface area contributed by atoms with Crippen molar-refractivity contribution < 1.29 is 14.6 Å². The summed E-state index contributed by atoms with van der Waals surface area (Å²) in [5.74, 6) is -0.476. The van der Waals surface area contributed by atoms with E-state index in [2.05, 4.69) is 9.97 Å². The number of hydrogen-bond donors (Lipinski definition) is 1. The van der Waals surface area contributed by atoms with Crippen molar-refractivity contribution in [3.8, 4) is 0 Å². The zero-order chi connectivity index (χ0) is 14.6. The minimum Gasteiger partial charge on any atom is -0.477 e. The molecule has 1 aliphatic rings. The molecule has 0 atom stereocenters. The van der Waals surface area contributed by atoms with Gasteiger partial charge in [-0.15, -0.1) is 0 Å². The lowest BCUT2D eigenvalue weighted by Gasteiger charge is -2.31. The molecule has 20 heavy (non-hydrogen) atoms. The fraction of sp³-hybridized carbons (Fsp3) is 0.667. The van der Waals surface area contributed by atoms with Crippen LogP contribution in [0.25, 0.3) is 0 Å². The molecule has 0 unspecified atom stereocenters. The van der Waals surface area contributed by atoms with Crippen LogP contribution in [0.4, 0.5) is 0 Å². The van der Waals surface area contributed by atoms with Crippen LogP contribution in [0.15, 0.2) is 6.07 Å². The van der Waals surface area contributed by atoms with Crippen LogP contribution in [-0.2, 0) is 10.3 Å². The van der Waals surface area contributed by atoms with Crippen molar-refractivity contribution in [1.82, 2.24) is 9.97 Å². The molecule has 1 aliphatic carbocycles. The van der Waals surface area contributed by atoms with Gasteiger partial charge in [0.1, 0.15) is 5.60 Å². The standard InChI is InChI=1S/C15H22N2O3/c1-3-20-15(8-6-4-5-7-9-15)14-16-11(2)10-12(17-14)13(18)19/h10H,3-9H2,1-2H3,(H,18,19). The molecule has 0 saturated heterocycles. The monoisotopic (exact) mass is 278 g/mol. The van der Waals surface area contributed by atoms with Gasteiger partial charge in [0, 0.05) is 12.3 Å². The molecule has 0 radical (unpaired) electrons. The van der Waals surface area contributed by atoms with Crippen LogP contribution in [0.3, 0.4) is 0 Å². The molecule has 1 heterocycles. The van der Waals surface area contributed by atoms with Crippen LogP contribution in [0.1, 0.15) is 67.5 Å². The smallest absolute Gasteiger partial charge is 0.354 e. The van der Waals surface area contributed by atoms with Gasteiger partial charge < -0.3 is 9.84 Å². The van der Waals surface area contributed by atoms with Gasteiger partial charge in [-0.1, -0.05) is 25.7 Å². The van der Waals surface area contributed by atoms with Gasteiger partial charge in [0.05, 0.1) is 0 Å². The molecule has 110 valence electrons. The maximum atomic E-state index is 11.2. The van der Waals surface area contributed by atoms with E-state index in [4.69, 9.17) is 4.74 Å². The van der Waals surface area contributed by atoms with Crippen LogP contribution < -0.4 is 0 Å². The van der Waals surface area contributed by atoms with Crippen LogP contribution in [0, 0.1) is 6.92 Å². The van der Waals surface area contributed by atoms with Gasteiger partial charge in [-0.05, 0) is 32.8 Å². The van der Waals surface area contributed by atoms with E-state index in [0.29, 0.717) is 18.1 Å². The molecule has 1 saturated carbocycles. The topological polar surface area (TPSA) is 72.3 Å². The minimum atomic E-state index is -1.02. The lowest BCUT2D eigenvalue weighted by Crippen LogP contribution is -2.32. The second-order valence-corrected chi connectivity index (χ2v) is 5.36. The van der Waals surface area contributed by atoms with E-state index in [9.17, 15) is 9.90 Å². The third-order valence-corrected chi connectivity index (χ3v) is 3.81. The highest BCUT2D eigenvalue weighted by atomic mass is 16.5. The van der Waals surface area contributed by atoms with Crippen molar-refractivity contribution in [2.75, 3.05) is 6.61 Å². The first-order valence-electron chi connectivity index (χ1n) is 7.31. The normalized spacial score (nSPS) is 18.5. The molecule has 1 N–H and O–H groups in total. The lowest BCUT2D eigenvalue weighted by atomic mass is 9.92. The molecule has 0 aromatic carbocycles. The number of aromatic carboxylic acids is 1. The third-order valence-electron chi connectivity index (χ3n) is 3.81. The Balaban J connectivity index is 2.44. The number of aromatic nitrogens is 2. The Bertz CT molecular complexity index is 480. The maximum Gasteiger partial charge on any atom is 0.354 e. The summed E-state index contributed by atoms with van der Waals surface area (Å²) < 4.78 is 6.01. The summed E-state index contributed by atoms with van der Waals surface area (Å²) in [5.41, 5.74) is 0.216. The van der Waals surface area contributed by atoms with E-state index < -0.39 is 11.6 Å². The predicted octanol–water partition coefficient (Wildman–Crippen LogP) is 3.07. The van der Waals surface area contributed by atoms with Gasteiger partial charge in [0.25, 0.3) is 0 Å². The number of carboxylic acid groups (broad SMARTS) is 1. The Morgan fingerprint density at radius 1 is 1.30 bits per heavy atom. The summed E-state index contributed by atoms with van der Waals surface area (Å²) in [4.78, 5) is 19.9. The average Bonchev–Trinajstić information content (AvgIpc) is 2.65. The van der Waals surface area contributed by atoms with E-state index >= 15 is 0 Å². The zero-order valence-electron chi connectivity index (χ0n) is 12.2. The van der Waals surface area contributed by atoms with Crippen molar-refractivity contribution in [2.24, 2.45) is 0 Å². The molecule has 2 rings (SSSR count). The highest BCUT2D eigenvalue weighted by Gasteiger charge is 2.37. The highest BCUT2D eigenvalue weighted by Crippen LogP contribution is 2.37. The van der Waals surface area contributed by atoms with E-state index in [0.717, 1.165) is 25.7 Å². The molecule has 1 fully saturated rings. The molecular formula is C15H22N2O3. The van der Waals surface area contributed by atoms with Crippen molar-refractivity contribution in [3.63, 3.8) is 0 Å². The van der Waals surface area contributed by atoms with Crippen LogP contribution in [-0.4, -0.2) is 27.7 Å². The van der Waals surface area contributed by atoms with Gasteiger partial charge in [0.2, 0.25) is 0 Å². The molecular weight excluding hydrogens is 256 g/mol. The molecule has 0 bridgehead atoms. The molecule has 0 amide bonds. The highest BCUT2D eigenvalue weighted by molar-refractivity contribution is 5.85. The number of rotatable bonds is 4. The molecule has 1 aromatic rings. The van der Waals surface area contributed by atoms with E-state index in [1.165, 1.54) is 18.9 Å². The first kappa shape index (κ1) is 14.9. The summed E-state index contributed by atoms with van der Waals surface area (Å²) in [5, 5.41) is 9.17. The van der Waals surface area contributed by atoms with E-state index in [1.807, 2.05) is 6.92 Å². The van der Waals surface area contributed by atoms with Crippen molar-refractivity contribution in [2.45, 2.75) is 58.0 Å². The summed E-state index contributed by atoms with van der Waals surface area (Å²) in [7, 11) is 0. The quantitative estimate of drug-likeness (QED) is 0.857. The second kappa shape index (κ2) is 6.31. The van der Waals surface area contributed by atoms with Crippen LogP contribution in [0.5, 0.6) is 0 Å². The summed E-state index contributed by atoms with van der Waals surface area (Å²) in [6.07, 6.45) is 6.24. The van der Waals surface area contributed by atoms with Gasteiger partial charge in [0.15, 0.2) is 11.5 Å². The third kappa shape index (κ3) is 3.15. The lowest BCUT2D eigenvalue weighted by molar-refractivity contribution is -0.0626. The first-order valence-corrected chi connectivity index (χ1v) is 7.31. The Morgan fingerprint density at radius 3 is 2.50 bits per heavy atom. The Kier molecular flexibility index (Phi) is 4.70. The fourth-order valence-corrected chi connectivity index (χ4v) is 2.89. The molecule has 5 heteroatoms. The Morgan fingerprint density at radius 2 is 1.95 bits per heavy atom. The number of ether oxygens (including phenoxy) is 1. The summed E-state index contributed by atoms with van der Waals surface area (Å²) in [6, 6.07) is 1.50. The maximum absolute atomic E-state index is 11.2.